The van der Waals surface area contributed by atoms with Crippen molar-refractivity contribution in [2.24, 2.45) is 7.05 Å². The summed E-state index contributed by atoms with van der Waals surface area (Å²) in [7, 11) is -0.925. The summed E-state index contributed by atoms with van der Waals surface area (Å²) in [5.41, 5.74) is 0.818. The molecule has 1 aromatic heterocycles. The fourth-order valence-corrected chi connectivity index (χ4v) is 5.28. The van der Waals surface area contributed by atoms with Crippen molar-refractivity contribution in [1.29, 1.82) is 0 Å². The second-order valence-electron chi connectivity index (χ2n) is 9.18. The van der Waals surface area contributed by atoms with Crippen molar-refractivity contribution >= 4 is 44.8 Å². The normalized spacial score (nSPS) is 13.7. The van der Waals surface area contributed by atoms with Gasteiger partial charge < -0.3 is 4.74 Å². The summed E-state index contributed by atoms with van der Waals surface area (Å²) in [4.78, 5) is 27.8. The first kappa shape index (κ1) is 24.7. The number of nitrogens with zero attached hydrogens (tertiary/aromatic N) is 2. The molecular formula is C25H25ClN3O5S+. The Morgan fingerprint density at radius 2 is 1.60 bits per heavy atom. The van der Waals surface area contributed by atoms with Crippen LogP contribution in [0.25, 0.3) is 0 Å². The van der Waals surface area contributed by atoms with E-state index < -0.39 is 21.8 Å². The molecule has 0 saturated carbocycles. The largest absolute Gasteiger partial charge is 0.446 e. The van der Waals surface area contributed by atoms with Crippen molar-refractivity contribution in [1.82, 2.24) is 0 Å². The number of pyridine rings is 1. The summed E-state index contributed by atoms with van der Waals surface area (Å²) in [6, 6.07) is 12.5. The Balaban J connectivity index is 1.77. The standard InChI is InChI=1S/C25H24ClN3O5S/c1-25(2,3)15-8-10-16(11-9-15)35(32,33)27-18-13-12-17(26)20-21(18)23(31)29(22(20)30)19-7-6-14-28(4)24(19)34-5/h6-14H,1-5H3/p+1. The Kier molecular flexibility index (Phi) is 6.11. The molecule has 8 nitrogen and oxygen atoms in total. The quantitative estimate of drug-likeness (QED) is 0.409. The highest BCUT2D eigenvalue weighted by atomic mass is 35.5. The maximum atomic E-state index is 13.5. The third kappa shape index (κ3) is 4.26. The van der Waals surface area contributed by atoms with E-state index in [-0.39, 0.29) is 43.7 Å². The van der Waals surface area contributed by atoms with E-state index in [1.165, 1.54) is 31.4 Å². The SMILES string of the molecule is COc1c(N2C(=O)c3c(Cl)ccc(NS(=O)(=O)c4ccc(C(C)(C)C)cc4)c3C2=O)ccc[n+]1C. The lowest BCUT2D eigenvalue weighted by Crippen LogP contribution is -2.36. The maximum Gasteiger partial charge on any atom is 0.392 e. The number of aromatic nitrogens is 1. The molecule has 1 N–H and O–H groups in total. The van der Waals surface area contributed by atoms with Crippen LogP contribution in [0.5, 0.6) is 5.88 Å². The van der Waals surface area contributed by atoms with E-state index >= 15 is 0 Å². The number of nitrogens with one attached hydrogen (secondary N) is 1. The highest BCUT2D eigenvalue weighted by Crippen LogP contribution is 2.39. The fourth-order valence-electron chi connectivity index (χ4n) is 3.97. The number of hydrogen-bond donors (Lipinski definition) is 1. The molecule has 0 unspecified atom stereocenters. The molecule has 4 rings (SSSR count). The predicted molar refractivity (Wildman–Crippen MR) is 133 cm³/mol. The lowest BCUT2D eigenvalue weighted by atomic mass is 9.87. The maximum absolute atomic E-state index is 13.5. The molecule has 3 aromatic rings. The highest BCUT2D eigenvalue weighted by Gasteiger charge is 2.43. The van der Waals surface area contributed by atoms with Crippen LogP contribution in [0, 0.1) is 0 Å². The zero-order valence-electron chi connectivity index (χ0n) is 19.9. The van der Waals surface area contributed by atoms with Gasteiger partial charge in [0.25, 0.3) is 21.8 Å². The lowest BCUT2D eigenvalue weighted by Gasteiger charge is -2.19. The van der Waals surface area contributed by atoms with E-state index in [1.54, 1.807) is 42.1 Å². The molecular weight excluding hydrogens is 490 g/mol. The molecule has 35 heavy (non-hydrogen) atoms. The summed E-state index contributed by atoms with van der Waals surface area (Å²) in [5, 5.41) is 0.0394. The Labute approximate surface area is 209 Å². The zero-order chi connectivity index (χ0) is 25.7. The Morgan fingerprint density at radius 3 is 2.20 bits per heavy atom. The Hall–Kier alpha value is -3.43. The first-order chi connectivity index (χ1) is 16.4. The summed E-state index contributed by atoms with van der Waals surface area (Å²) in [6.45, 7) is 6.09. The molecule has 10 heteroatoms. The Bertz CT molecular complexity index is 1460. The number of amides is 2. The van der Waals surface area contributed by atoms with E-state index in [2.05, 4.69) is 4.72 Å². The minimum Gasteiger partial charge on any atom is -0.446 e. The summed E-state index contributed by atoms with van der Waals surface area (Å²) in [5.74, 6) is -1.10. The monoisotopic (exact) mass is 514 g/mol. The fraction of sp³-hybridized carbons (Fsp3) is 0.240. The molecule has 0 bridgehead atoms. The number of aryl methyl sites for hydroxylation is 1. The van der Waals surface area contributed by atoms with Gasteiger partial charge in [0, 0.05) is 6.07 Å². The van der Waals surface area contributed by atoms with E-state index in [1.807, 2.05) is 20.8 Å². The van der Waals surface area contributed by atoms with E-state index in [0.717, 1.165) is 10.5 Å². The molecule has 1 aliphatic heterocycles. The minimum absolute atomic E-state index is 0.0274. The molecule has 1 aliphatic rings. The van der Waals surface area contributed by atoms with Crippen LogP contribution in [0.4, 0.5) is 11.4 Å². The molecule has 2 amide bonds. The van der Waals surface area contributed by atoms with Crippen LogP contribution in [-0.2, 0) is 22.5 Å². The van der Waals surface area contributed by atoms with Crippen LogP contribution in [0.3, 0.4) is 0 Å². The van der Waals surface area contributed by atoms with E-state index in [4.69, 9.17) is 16.3 Å². The lowest BCUT2D eigenvalue weighted by molar-refractivity contribution is -0.676. The summed E-state index contributed by atoms with van der Waals surface area (Å²) < 4.78 is 35.8. The minimum atomic E-state index is -4.06. The van der Waals surface area contributed by atoms with Gasteiger partial charge >= 0.3 is 5.88 Å². The third-order valence-corrected chi connectivity index (χ3v) is 7.50. The van der Waals surface area contributed by atoms with Gasteiger partial charge in [0.2, 0.25) is 0 Å². The summed E-state index contributed by atoms with van der Waals surface area (Å²) >= 11 is 6.29. The van der Waals surface area contributed by atoms with Crippen LogP contribution in [0.15, 0.2) is 59.6 Å². The second kappa shape index (κ2) is 8.66. The molecule has 182 valence electrons. The number of imide groups is 1. The van der Waals surface area contributed by atoms with Crippen molar-refractivity contribution in [3.05, 3.63) is 76.4 Å². The van der Waals surface area contributed by atoms with Gasteiger partial charge in [-0.1, -0.05) is 44.5 Å². The topological polar surface area (TPSA) is 96.7 Å². The molecule has 0 radical (unpaired) electrons. The van der Waals surface area contributed by atoms with Crippen molar-refractivity contribution in [2.75, 3.05) is 16.7 Å². The van der Waals surface area contributed by atoms with Gasteiger partial charge in [-0.3, -0.25) is 14.3 Å². The molecule has 0 atom stereocenters. The van der Waals surface area contributed by atoms with Gasteiger partial charge in [-0.05, 0) is 41.3 Å². The number of carbonyl (C=O) groups is 2. The van der Waals surface area contributed by atoms with Gasteiger partial charge in [-0.25, -0.2) is 13.3 Å². The molecule has 0 spiro atoms. The van der Waals surface area contributed by atoms with Crippen LogP contribution in [-0.4, -0.2) is 27.3 Å². The first-order valence-electron chi connectivity index (χ1n) is 10.7. The number of anilines is 2. The van der Waals surface area contributed by atoms with Gasteiger partial charge in [0.1, 0.15) is 7.05 Å². The van der Waals surface area contributed by atoms with Crippen LogP contribution in [0.1, 0.15) is 47.1 Å². The van der Waals surface area contributed by atoms with Crippen LogP contribution >= 0.6 is 11.6 Å². The van der Waals surface area contributed by atoms with Crippen LogP contribution < -0.4 is 18.9 Å². The average Bonchev–Trinajstić information content (AvgIpc) is 3.06. The van der Waals surface area contributed by atoms with E-state index in [0.29, 0.717) is 0 Å². The Morgan fingerprint density at radius 1 is 0.971 bits per heavy atom. The van der Waals surface area contributed by atoms with Crippen molar-refractivity contribution in [3.8, 4) is 5.88 Å². The third-order valence-electron chi connectivity index (χ3n) is 5.80. The molecule has 2 heterocycles. The van der Waals surface area contributed by atoms with Crippen LogP contribution in [0.2, 0.25) is 5.02 Å². The molecule has 0 aliphatic carbocycles. The number of fused-ring (bicyclic) bond motifs is 1. The smallest absolute Gasteiger partial charge is 0.392 e. The molecule has 2 aromatic carbocycles. The zero-order valence-corrected chi connectivity index (χ0v) is 21.5. The number of carbonyl (C=O) groups excluding carboxylic acids is 2. The van der Waals surface area contributed by atoms with E-state index in [9.17, 15) is 18.0 Å². The number of sulfonamides is 1. The number of hydrogen-bond acceptors (Lipinski definition) is 5. The molecule has 0 saturated heterocycles. The number of ether oxygens (including phenoxy) is 1. The highest BCUT2D eigenvalue weighted by molar-refractivity contribution is 7.92. The van der Waals surface area contributed by atoms with Gasteiger partial charge in [0.05, 0.1) is 33.8 Å². The van der Waals surface area contributed by atoms with Crippen molar-refractivity contribution < 1.29 is 27.3 Å². The van der Waals surface area contributed by atoms with Gasteiger partial charge in [-0.15, -0.1) is 0 Å². The second-order valence-corrected chi connectivity index (χ2v) is 11.3. The predicted octanol–water partition coefficient (Wildman–Crippen LogP) is 4.07. The average molecular weight is 515 g/mol. The number of benzene rings is 2. The summed E-state index contributed by atoms with van der Waals surface area (Å²) in [6.07, 6.45) is 1.71. The van der Waals surface area contributed by atoms with Gasteiger partial charge in [-0.2, -0.15) is 4.57 Å². The molecule has 0 fully saturated rings. The number of methoxy groups -OCH3 is 1. The number of rotatable bonds is 5. The first-order valence-corrected chi connectivity index (χ1v) is 12.6. The number of halogens is 1. The van der Waals surface area contributed by atoms with Crippen molar-refractivity contribution in [3.63, 3.8) is 0 Å². The van der Waals surface area contributed by atoms with Gasteiger partial charge in [0.15, 0.2) is 11.9 Å². The van der Waals surface area contributed by atoms with Crippen molar-refractivity contribution in [2.45, 2.75) is 31.1 Å².